The maximum absolute atomic E-state index is 11.4. The van der Waals surface area contributed by atoms with Crippen molar-refractivity contribution in [1.29, 1.82) is 0 Å². The normalized spacial score (nSPS) is 8.47. The van der Waals surface area contributed by atoms with Crippen molar-refractivity contribution in [3.8, 4) is 0 Å². The number of carbonyl (C=O) groups excluding carboxylic acids is 3. The summed E-state index contributed by atoms with van der Waals surface area (Å²) in [6, 6.07) is 14.4. The van der Waals surface area contributed by atoms with E-state index in [0.29, 0.717) is 17.3 Å². The summed E-state index contributed by atoms with van der Waals surface area (Å²) >= 11 is 0. The fraction of sp³-hybridized carbons (Fsp3) is 0.333. The largest absolute Gasteiger partial charge is 0.422 e. The van der Waals surface area contributed by atoms with Crippen molar-refractivity contribution < 1.29 is 18.8 Å². The average molecular weight is 445 g/mol. The number of hydrogen-bond acceptors (Lipinski definition) is 7. The molecule has 8 heteroatoms. The van der Waals surface area contributed by atoms with Crippen molar-refractivity contribution in [2.75, 3.05) is 12.4 Å². The molecule has 3 aromatic rings. The highest BCUT2D eigenvalue weighted by molar-refractivity contribution is 6.00. The smallest absolute Gasteiger partial charge is 0.388 e. The van der Waals surface area contributed by atoms with E-state index in [4.69, 9.17) is 9.59 Å². The monoisotopic (exact) mass is 444 g/mol. The highest BCUT2D eigenvalue weighted by Gasteiger charge is 2.06. The minimum atomic E-state index is -0.635. The Morgan fingerprint density at radius 1 is 0.969 bits per heavy atom. The molecule has 32 heavy (non-hydrogen) atoms. The van der Waals surface area contributed by atoms with Gasteiger partial charge in [0.05, 0.1) is 10.9 Å². The maximum atomic E-state index is 11.4. The predicted octanol–water partition coefficient (Wildman–Crippen LogP) is 4.28. The molecule has 1 aromatic heterocycles. The molecule has 0 bridgehead atoms. The molecule has 0 aliphatic heterocycles. The third kappa shape index (κ3) is 9.36. The van der Waals surface area contributed by atoms with E-state index in [1.807, 2.05) is 65.9 Å². The van der Waals surface area contributed by atoms with Gasteiger partial charge in [-0.05, 0) is 24.3 Å². The van der Waals surface area contributed by atoms with E-state index < -0.39 is 11.4 Å². The van der Waals surface area contributed by atoms with Gasteiger partial charge in [-0.2, -0.15) is 9.59 Å². The first-order valence-electron chi connectivity index (χ1n) is 10.3. The number of aromatic nitrogens is 1. The van der Waals surface area contributed by atoms with Gasteiger partial charge in [-0.15, -0.1) is 0 Å². The van der Waals surface area contributed by atoms with Crippen molar-refractivity contribution >= 4 is 28.5 Å². The molecule has 0 fully saturated rings. The Hall–Kier alpha value is -3.77. The Balaban J connectivity index is 0. The molecule has 3 rings (SSSR count). The van der Waals surface area contributed by atoms with Crippen LogP contribution in [0.4, 0.5) is 5.69 Å². The molecule has 0 aliphatic carbocycles. The van der Waals surface area contributed by atoms with E-state index in [9.17, 15) is 14.4 Å². The molecule has 0 spiro atoms. The first-order chi connectivity index (χ1) is 15.4. The summed E-state index contributed by atoms with van der Waals surface area (Å²) in [5, 5.41) is 3.41. The molecule has 174 valence electrons. The van der Waals surface area contributed by atoms with Crippen molar-refractivity contribution in [2.24, 2.45) is 7.05 Å². The van der Waals surface area contributed by atoms with E-state index in [-0.39, 0.29) is 11.9 Å². The highest BCUT2D eigenvalue weighted by Crippen LogP contribution is 2.15. The first kappa shape index (κ1) is 30.4. The first-order valence-corrected chi connectivity index (χ1v) is 10.3. The van der Waals surface area contributed by atoms with Gasteiger partial charge in [0.25, 0.3) is 0 Å². The van der Waals surface area contributed by atoms with Gasteiger partial charge >= 0.3 is 17.5 Å². The van der Waals surface area contributed by atoms with E-state index in [1.165, 1.54) is 4.57 Å². The van der Waals surface area contributed by atoms with Crippen LogP contribution in [-0.2, 0) is 16.6 Å². The van der Waals surface area contributed by atoms with Crippen LogP contribution in [-0.4, -0.2) is 23.5 Å². The van der Waals surface area contributed by atoms with Crippen LogP contribution in [0.2, 0.25) is 0 Å². The van der Waals surface area contributed by atoms with Gasteiger partial charge in [0.1, 0.15) is 0 Å². The Labute approximate surface area is 187 Å². The summed E-state index contributed by atoms with van der Waals surface area (Å²) in [7, 11) is 3.38. The number of ketones is 1. The molecule has 0 saturated heterocycles. The van der Waals surface area contributed by atoms with Crippen LogP contribution in [0.15, 0.2) is 62.5 Å². The van der Waals surface area contributed by atoms with Crippen LogP contribution in [0, 0.1) is 0 Å². The maximum Gasteiger partial charge on any atom is 0.422 e. The molecule has 2 aromatic carbocycles. The van der Waals surface area contributed by atoms with Crippen LogP contribution in [0.3, 0.4) is 0 Å². The van der Waals surface area contributed by atoms with Gasteiger partial charge in [0.2, 0.25) is 0 Å². The van der Waals surface area contributed by atoms with Crippen LogP contribution in [0.1, 0.15) is 51.4 Å². The molecular weight excluding hydrogens is 412 g/mol. The van der Waals surface area contributed by atoms with Gasteiger partial charge < -0.3 is 9.73 Å². The Morgan fingerprint density at radius 2 is 1.47 bits per heavy atom. The summed E-state index contributed by atoms with van der Waals surface area (Å²) in [4.78, 5) is 49.8. The summed E-state index contributed by atoms with van der Waals surface area (Å²) in [6.07, 6.45) is 0.804. The van der Waals surface area contributed by atoms with Gasteiger partial charge in [0.15, 0.2) is 5.78 Å². The van der Waals surface area contributed by atoms with Crippen molar-refractivity contribution in [3.63, 3.8) is 0 Å². The van der Waals surface area contributed by atoms with E-state index >= 15 is 0 Å². The number of rotatable bonds is 3. The van der Waals surface area contributed by atoms with Crippen molar-refractivity contribution in [1.82, 2.24) is 4.57 Å². The summed E-state index contributed by atoms with van der Waals surface area (Å²) in [6.45, 7) is 9.87. The summed E-state index contributed by atoms with van der Waals surface area (Å²) in [5.74, 6) is -0.455. The topological polar surface area (TPSA) is 115 Å². The second kappa shape index (κ2) is 18.0. The van der Waals surface area contributed by atoms with E-state index in [0.717, 1.165) is 11.3 Å². The lowest BCUT2D eigenvalue weighted by Gasteiger charge is -2.05. The number of anilines is 1. The summed E-state index contributed by atoms with van der Waals surface area (Å²) in [5.41, 5.74) is 1.69. The minimum absolute atomic E-state index is 0.181. The molecule has 0 atom stereocenters. The number of Topliss-reactive ketones (excluding diaryl/α,β-unsaturated/α-hetero) is 1. The zero-order chi connectivity index (χ0) is 25.1. The number of benzene rings is 2. The molecule has 8 nitrogen and oxygen atoms in total. The fourth-order valence-corrected chi connectivity index (χ4v) is 2.37. The molecule has 0 radical (unpaired) electrons. The Kier molecular flexibility index (Phi) is 17.1. The molecule has 0 aliphatic rings. The predicted molar refractivity (Wildman–Crippen MR) is 126 cm³/mol. The molecular formula is C24H32N2O6. The number of fused-ring (bicyclic) bond motifs is 1. The average Bonchev–Trinajstić information content (AvgIpc) is 2.85. The van der Waals surface area contributed by atoms with Crippen LogP contribution in [0.5, 0.6) is 0 Å². The van der Waals surface area contributed by atoms with Gasteiger partial charge in [-0.1, -0.05) is 58.9 Å². The van der Waals surface area contributed by atoms with Crippen molar-refractivity contribution in [3.05, 3.63) is 75.1 Å². The highest BCUT2D eigenvalue weighted by atomic mass is 16.4. The van der Waals surface area contributed by atoms with Crippen LogP contribution >= 0.6 is 0 Å². The third-order valence-corrected chi connectivity index (χ3v) is 3.76. The molecule has 0 saturated carbocycles. The Bertz CT molecular complexity index is 1090. The number of hydrogen-bond donors (Lipinski definition) is 1. The van der Waals surface area contributed by atoms with Gasteiger partial charge in [0, 0.05) is 31.8 Å². The van der Waals surface area contributed by atoms with E-state index in [1.54, 1.807) is 31.3 Å². The van der Waals surface area contributed by atoms with E-state index in [2.05, 4.69) is 9.73 Å². The third-order valence-electron chi connectivity index (χ3n) is 3.76. The zero-order valence-corrected chi connectivity index (χ0v) is 19.7. The second-order valence-corrected chi connectivity index (χ2v) is 5.39. The molecule has 1 heterocycles. The number of para-hydroxylation sites is 2. The quantitative estimate of drug-likeness (QED) is 0.599. The second-order valence-electron chi connectivity index (χ2n) is 5.39. The number of nitrogens with one attached hydrogen (secondary N) is 1. The van der Waals surface area contributed by atoms with Crippen molar-refractivity contribution in [2.45, 2.75) is 41.0 Å². The van der Waals surface area contributed by atoms with Gasteiger partial charge in [-0.3, -0.25) is 9.36 Å². The van der Waals surface area contributed by atoms with Crippen LogP contribution < -0.4 is 16.7 Å². The Morgan fingerprint density at radius 3 is 2.00 bits per heavy atom. The van der Waals surface area contributed by atoms with Gasteiger partial charge in [-0.25, -0.2) is 9.59 Å². The fourth-order valence-electron chi connectivity index (χ4n) is 2.37. The zero-order valence-electron chi connectivity index (χ0n) is 19.7. The lowest BCUT2D eigenvalue weighted by molar-refractivity contribution is -0.191. The van der Waals surface area contributed by atoms with Crippen LogP contribution in [0.25, 0.3) is 10.9 Å². The number of nitrogens with zero attached hydrogens (tertiary/aromatic N) is 1. The lowest BCUT2D eigenvalue weighted by atomic mass is 10.1. The standard InChI is InChI=1S/C10H13NO.C9H7NO3.2C2H6.CO2/c1-3-10(12)8-6-4-5-7-9(8)11-2;1-10-7-5-3-2-4-6(7)8(11)13-9(10)12;2*1-2;2-1-3/h4-7,11H,3H2,1-2H3;2-5H,1H3;2*1-2H3;. The lowest BCUT2D eigenvalue weighted by Crippen LogP contribution is -2.22. The molecule has 0 amide bonds. The molecule has 0 unspecified atom stereocenters. The minimum Gasteiger partial charge on any atom is -0.388 e. The number of aryl methyl sites for hydroxylation is 1. The molecule has 1 N–H and O–H groups in total. The number of carbonyl (C=O) groups is 1. The SMILES string of the molecule is CC.CC.CCC(=O)c1ccccc1NC.Cn1c(=O)oc(=O)c2ccccc21.O=C=O. The summed E-state index contributed by atoms with van der Waals surface area (Å²) < 4.78 is 5.78.